The molecule has 0 rings (SSSR count). The Labute approximate surface area is 543 Å². The molecule has 0 aromatic rings. The summed E-state index contributed by atoms with van der Waals surface area (Å²) in [5.74, 6) is -0.667. The van der Waals surface area contributed by atoms with Gasteiger partial charge in [-0.2, -0.15) is 0 Å². The van der Waals surface area contributed by atoms with Gasteiger partial charge in [0.25, 0.3) is 0 Å². The first-order chi connectivity index (χ1) is 42.9. The van der Waals surface area contributed by atoms with E-state index in [-0.39, 0.29) is 25.7 Å². The summed E-state index contributed by atoms with van der Waals surface area (Å²) < 4.78 is 68.0. The quantitative estimate of drug-likeness (QED) is 0.0222. The summed E-state index contributed by atoms with van der Waals surface area (Å²) in [5, 5.41) is 10.5. The lowest BCUT2D eigenvalue weighted by molar-refractivity contribution is -0.161. The first-order valence-corrected chi connectivity index (χ1v) is 39.5. The number of aliphatic hydroxyl groups is 1. The van der Waals surface area contributed by atoms with Crippen molar-refractivity contribution < 1.29 is 80.2 Å². The van der Waals surface area contributed by atoms with Crippen molar-refractivity contribution in [1.82, 2.24) is 0 Å². The molecule has 0 aromatic carbocycles. The van der Waals surface area contributed by atoms with Crippen molar-refractivity contribution in [2.24, 2.45) is 11.8 Å². The number of aliphatic hydroxyl groups excluding tert-OH is 1. The average Bonchev–Trinajstić information content (AvgIpc) is 3.58. The third kappa shape index (κ3) is 64.6. The number of carbonyl (C=O) groups is 4. The first kappa shape index (κ1) is 87.1. The molecule has 0 aliphatic rings. The normalized spacial score (nSPS) is 14.1. The molecule has 0 amide bonds. The molecule has 0 bridgehead atoms. The second kappa shape index (κ2) is 62.2. The van der Waals surface area contributed by atoms with Gasteiger partial charge in [0, 0.05) is 25.7 Å². The molecule has 5 atom stereocenters. The minimum absolute atomic E-state index is 0.101. The number of phosphoric acid groups is 2. The molecule has 19 heteroatoms. The van der Waals surface area contributed by atoms with Gasteiger partial charge in [-0.05, 0) is 37.5 Å². The van der Waals surface area contributed by atoms with E-state index < -0.39 is 97.5 Å². The van der Waals surface area contributed by atoms with Gasteiger partial charge in [0.1, 0.15) is 19.3 Å². The molecule has 0 aliphatic carbocycles. The summed E-state index contributed by atoms with van der Waals surface area (Å²) in [5.41, 5.74) is 0. The zero-order valence-corrected chi connectivity index (χ0v) is 59.5. The molecule has 89 heavy (non-hydrogen) atoms. The number of hydrogen-bond acceptors (Lipinski definition) is 15. The van der Waals surface area contributed by atoms with Crippen molar-refractivity contribution in [3.05, 3.63) is 0 Å². The van der Waals surface area contributed by atoms with Crippen LogP contribution in [0.5, 0.6) is 0 Å². The van der Waals surface area contributed by atoms with Gasteiger partial charge >= 0.3 is 39.5 Å². The number of carbonyl (C=O) groups excluding carboxylic acids is 4. The lowest BCUT2D eigenvalue weighted by atomic mass is 10.0. The molecular formula is C70H136O17P2. The van der Waals surface area contributed by atoms with E-state index in [1.807, 2.05) is 0 Å². The predicted octanol–water partition coefficient (Wildman–Crippen LogP) is 20.0. The predicted molar refractivity (Wildman–Crippen MR) is 358 cm³/mol. The van der Waals surface area contributed by atoms with E-state index in [2.05, 4.69) is 41.5 Å². The topological polar surface area (TPSA) is 237 Å². The monoisotopic (exact) mass is 1310 g/mol. The van der Waals surface area contributed by atoms with Gasteiger partial charge in [0.15, 0.2) is 12.2 Å². The molecule has 0 spiro atoms. The van der Waals surface area contributed by atoms with Crippen LogP contribution in [0.4, 0.5) is 0 Å². The highest BCUT2D eigenvalue weighted by atomic mass is 31.2. The number of esters is 4. The highest BCUT2D eigenvalue weighted by molar-refractivity contribution is 7.47. The molecule has 0 saturated carbocycles. The third-order valence-corrected chi connectivity index (χ3v) is 18.1. The fourth-order valence-corrected chi connectivity index (χ4v) is 12.2. The highest BCUT2D eigenvalue weighted by Gasteiger charge is 2.30. The maximum atomic E-state index is 13.0. The Balaban J connectivity index is 5.13. The van der Waals surface area contributed by atoms with Crippen LogP contribution in [-0.4, -0.2) is 96.7 Å². The molecule has 0 aromatic heterocycles. The van der Waals surface area contributed by atoms with Crippen molar-refractivity contribution in [2.45, 2.75) is 374 Å². The molecule has 0 saturated heterocycles. The fourth-order valence-electron chi connectivity index (χ4n) is 10.6. The van der Waals surface area contributed by atoms with Crippen LogP contribution in [0.1, 0.15) is 356 Å². The van der Waals surface area contributed by atoms with E-state index in [1.54, 1.807) is 0 Å². The van der Waals surface area contributed by atoms with Gasteiger partial charge in [-0.15, -0.1) is 0 Å². The molecule has 528 valence electrons. The van der Waals surface area contributed by atoms with Crippen LogP contribution in [0.25, 0.3) is 0 Å². The number of ether oxygens (including phenoxy) is 4. The number of rotatable bonds is 69. The second-order valence-electron chi connectivity index (χ2n) is 26.2. The molecule has 2 unspecified atom stereocenters. The maximum Gasteiger partial charge on any atom is 0.472 e. The van der Waals surface area contributed by atoms with E-state index in [4.69, 9.17) is 37.0 Å². The van der Waals surface area contributed by atoms with Crippen molar-refractivity contribution in [2.75, 3.05) is 39.6 Å². The van der Waals surface area contributed by atoms with Crippen molar-refractivity contribution in [1.29, 1.82) is 0 Å². The molecule has 0 aliphatic heterocycles. The van der Waals surface area contributed by atoms with E-state index in [1.165, 1.54) is 167 Å². The summed E-state index contributed by atoms with van der Waals surface area (Å²) in [6, 6.07) is 0. The SMILES string of the molecule is CCCCCCCCCCCCCCCCCCCC(=O)OC[C@H](COP(=O)(O)OC[C@@H](O)COP(=O)(O)OC[C@@H](COC(=O)CCCCCCC)OC(=O)CCCCCCCCC(C)C)OC(=O)CCCCCCCCCCCCCCCCCC(C)C. The fraction of sp³-hybridized carbons (Fsp3) is 0.943. The molecule has 0 radical (unpaired) electrons. The van der Waals surface area contributed by atoms with Gasteiger partial charge < -0.3 is 33.8 Å². The molecular weight excluding hydrogens is 1170 g/mol. The molecule has 3 N–H and O–H groups in total. The van der Waals surface area contributed by atoms with Gasteiger partial charge in [-0.25, -0.2) is 9.13 Å². The third-order valence-electron chi connectivity index (χ3n) is 16.2. The number of phosphoric ester groups is 2. The summed E-state index contributed by atoms with van der Waals surface area (Å²) in [6.45, 7) is 9.39. The smallest absolute Gasteiger partial charge is 0.462 e. The summed E-state index contributed by atoms with van der Waals surface area (Å²) in [4.78, 5) is 72.2. The highest BCUT2D eigenvalue weighted by Crippen LogP contribution is 2.45. The van der Waals surface area contributed by atoms with Crippen LogP contribution in [0.15, 0.2) is 0 Å². The van der Waals surface area contributed by atoms with E-state index in [0.29, 0.717) is 31.6 Å². The average molecular weight is 1310 g/mol. The van der Waals surface area contributed by atoms with Crippen LogP contribution in [-0.2, 0) is 65.4 Å². The Morgan fingerprint density at radius 3 is 0.764 bits per heavy atom. The van der Waals surface area contributed by atoms with Crippen molar-refractivity contribution in [3.8, 4) is 0 Å². The molecule has 0 heterocycles. The van der Waals surface area contributed by atoms with Gasteiger partial charge in [0.2, 0.25) is 0 Å². The number of unbranched alkanes of at least 4 members (excludes halogenated alkanes) is 39. The zero-order chi connectivity index (χ0) is 65.7. The van der Waals surface area contributed by atoms with Gasteiger partial charge in [-0.3, -0.25) is 37.3 Å². The zero-order valence-electron chi connectivity index (χ0n) is 57.7. The van der Waals surface area contributed by atoms with Crippen molar-refractivity contribution in [3.63, 3.8) is 0 Å². The van der Waals surface area contributed by atoms with Crippen LogP contribution in [0, 0.1) is 11.8 Å². The summed E-state index contributed by atoms with van der Waals surface area (Å²) in [7, 11) is -9.89. The van der Waals surface area contributed by atoms with E-state index in [9.17, 15) is 43.2 Å². The van der Waals surface area contributed by atoms with E-state index in [0.717, 1.165) is 102 Å². The molecule has 17 nitrogen and oxygen atoms in total. The van der Waals surface area contributed by atoms with E-state index >= 15 is 0 Å². The lowest BCUT2D eigenvalue weighted by Crippen LogP contribution is -2.30. The minimum Gasteiger partial charge on any atom is -0.462 e. The Morgan fingerprint density at radius 2 is 0.517 bits per heavy atom. The van der Waals surface area contributed by atoms with Crippen LogP contribution in [0.2, 0.25) is 0 Å². The van der Waals surface area contributed by atoms with Crippen molar-refractivity contribution >= 4 is 39.5 Å². The maximum absolute atomic E-state index is 13.0. The Bertz CT molecular complexity index is 1730. The molecule has 0 fully saturated rings. The Hall–Kier alpha value is -1.94. The van der Waals surface area contributed by atoms with Crippen LogP contribution < -0.4 is 0 Å². The van der Waals surface area contributed by atoms with Gasteiger partial charge in [-0.1, -0.05) is 305 Å². The van der Waals surface area contributed by atoms with Crippen LogP contribution >= 0.6 is 15.6 Å². The summed E-state index contributed by atoms with van der Waals surface area (Å²) in [6.07, 6.45) is 47.9. The summed E-state index contributed by atoms with van der Waals surface area (Å²) >= 11 is 0. The minimum atomic E-state index is -4.95. The van der Waals surface area contributed by atoms with Crippen LogP contribution in [0.3, 0.4) is 0 Å². The van der Waals surface area contributed by atoms with Gasteiger partial charge in [0.05, 0.1) is 26.4 Å². The standard InChI is InChI=1S/C70H136O17P2/c1-7-9-11-13-14-15-16-17-18-19-22-25-28-31-34-41-47-53-68(73)81-59-66(86-69(74)54-48-42-35-32-29-26-23-20-21-24-27-30-33-39-44-50-62(3)4)61-85-89(78,79)83-57-64(71)56-82-88(76,77)84-60-65(58-80-67(72)52-46-38-12-10-8-2)87-70(75)55-49-43-37-36-40-45-51-63(5)6/h62-66,71H,7-61H2,1-6H3,(H,76,77)(H,78,79)/t64-,65+,66+/m0/s1. The Morgan fingerprint density at radius 1 is 0.303 bits per heavy atom. The Kier molecular flexibility index (Phi) is 60.8. The number of hydrogen-bond donors (Lipinski definition) is 3. The lowest BCUT2D eigenvalue weighted by Gasteiger charge is -2.21. The largest absolute Gasteiger partial charge is 0.472 e. The first-order valence-electron chi connectivity index (χ1n) is 36.5. The second-order valence-corrected chi connectivity index (χ2v) is 29.1.